The average Bonchev–Trinajstić information content (AvgIpc) is 3.53. The van der Waals surface area contributed by atoms with Crippen LogP contribution in [0.25, 0.3) is 94.7 Å². The van der Waals surface area contributed by atoms with Gasteiger partial charge in [-0.2, -0.15) is 0 Å². The molecule has 12 rings (SSSR count). The molecule has 54 heavy (non-hydrogen) atoms. The van der Waals surface area contributed by atoms with Crippen LogP contribution >= 0.6 is 0 Å². The van der Waals surface area contributed by atoms with Gasteiger partial charge in [-0.05, 0) is 40.8 Å². The SMILES string of the molecule is c1ccc(-c2nc(-c3ccccc3)nc(-c3ccc(N4c5cccc6c5-n5c7c(cccc7c7cccc4c75)-c4ccccc4-6)c4ccccc34)n2)cc1. The number of hydrogen-bond donors (Lipinski definition) is 0. The van der Waals surface area contributed by atoms with E-state index in [9.17, 15) is 0 Å². The molecule has 0 amide bonds. The van der Waals surface area contributed by atoms with Gasteiger partial charge in [0.1, 0.15) is 0 Å². The highest BCUT2D eigenvalue weighted by Crippen LogP contribution is 2.56. The Bertz CT molecular complexity index is 3110. The molecule has 2 aliphatic rings. The van der Waals surface area contributed by atoms with E-state index in [4.69, 9.17) is 15.0 Å². The minimum atomic E-state index is 0.643. The van der Waals surface area contributed by atoms with E-state index in [0.717, 1.165) is 44.5 Å². The third-order valence-corrected chi connectivity index (χ3v) is 11.1. The molecule has 0 atom stereocenters. The topological polar surface area (TPSA) is 46.8 Å². The van der Waals surface area contributed by atoms with Crippen molar-refractivity contribution in [2.45, 2.75) is 0 Å². The van der Waals surface area contributed by atoms with Gasteiger partial charge in [0, 0.05) is 44.0 Å². The Kier molecular flexibility index (Phi) is 5.99. The maximum absolute atomic E-state index is 5.12. The molecule has 0 aliphatic carbocycles. The van der Waals surface area contributed by atoms with Crippen LogP contribution in [0.15, 0.2) is 176 Å². The van der Waals surface area contributed by atoms with Crippen molar-refractivity contribution in [3.05, 3.63) is 176 Å². The molecule has 8 aromatic carbocycles. The van der Waals surface area contributed by atoms with Crippen LogP contribution in [0.2, 0.25) is 0 Å². The Balaban J connectivity index is 1.14. The van der Waals surface area contributed by atoms with Gasteiger partial charge in [0.15, 0.2) is 17.5 Å². The molecule has 10 aromatic rings. The summed E-state index contributed by atoms with van der Waals surface area (Å²) >= 11 is 0. The lowest BCUT2D eigenvalue weighted by atomic mass is 9.92. The fourth-order valence-electron chi connectivity index (χ4n) is 8.83. The number of benzene rings is 8. The Hall–Kier alpha value is -7.37. The zero-order chi connectivity index (χ0) is 35.3. The predicted octanol–water partition coefficient (Wildman–Crippen LogP) is 12.6. The van der Waals surface area contributed by atoms with E-state index in [0.29, 0.717) is 17.5 Å². The molecular formula is C49H29N5. The van der Waals surface area contributed by atoms with E-state index >= 15 is 0 Å². The van der Waals surface area contributed by atoms with Crippen molar-refractivity contribution >= 4 is 49.6 Å². The average molecular weight is 688 g/mol. The van der Waals surface area contributed by atoms with Crippen molar-refractivity contribution in [3.63, 3.8) is 0 Å². The highest BCUT2D eigenvalue weighted by molar-refractivity contribution is 6.23. The molecule has 0 bridgehead atoms. The van der Waals surface area contributed by atoms with Crippen LogP contribution in [0, 0.1) is 0 Å². The number of aromatic nitrogens is 4. The van der Waals surface area contributed by atoms with Gasteiger partial charge in [-0.25, -0.2) is 15.0 Å². The highest BCUT2D eigenvalue weighted by Gasteiger charge is 2.34. The number of hydrogen-bond acceptors (Lipinski definition) is 4. The summed E-state index contributed by atoms with van der Waals surface area (Å²) in [6.45, 7) is 0. The second kappa shape index (κ2) is 11.1. The Labute approximate surface area is 311 Å². The largest absolute Gasteiger partial charge is 0.306 e. The Morgan fingerprint density at radius 3 is 1.56 bits per heavy atom. The summed E-state index contributed by atoms with van der Waals surface area (Å²) in [6.07, 6.45) is 0. The van der Waals surface area contributed by atoms with Crippen molar-refractivity contribution in [1.82, 2.24) is 19.5 Å². The zero-order valence-corrected chi connectivity index (χ0v) is 29.0. The molecule has 0 spiro atoms. The first-order valence-electron chi connectivity index (χ1n) is 18.3. The molecule has 0 saturated heterocycles. The quantitative estimate of drug-likeness (QED) is 0.185. The van der Waals surface area contributed by atoms with Gasteiger partial charge in [0.25, 0.3) is 0 Å². The van der Waals surface area contributed by atoms with Gasteiger partial charge in [-0.15, -0.1) is 0 Å². The second-order valence-electron chi connectivity index (χ2n) is 14.0. The van der Waals surface area contributed by atoms with Crippen molar-refractivity contribution in [2.75, 3.05) is 4.90 Å². The summed E-state index contributed by atoms with van der Waals surface area (Å²) < 4.78 is 2.54. The van der Waals surface area contributed by atoms with Crippen LogP contribution in [-0.2, 0) is 0 Å². The number of fused-ring (bicyclic) bond motifs is 5. The molecular weight excluding hydrogens is 659 g/mol. The third-order valence-electron chi connectivity index (χ3n) is 11.1. The number of nitrogens with zero attached hydrogens (tertiary/aromatic N) is 5. The van der Waals surface area contributed by atoms with Crippen LogP contribution < -0.4 is 4.90 Å². The van der Waals surface area contributed by atoms with Gasteiger partial charge in [-0.3, -0.25) is 0 Å². The predicted molar refractivity (Wildman–Crippen MR) is 221 cm³/mol. The monoisotopic (exact) mass is 687 g/mol. The Morgan fingerprint density at radius 1 is 0.296 bits per heavy atom. The van der Waals surface area contributed by atoms with E-state index in [1.165, 1.54) is 49.7 Å². The smallest absolute Gasteiger partial charge is 0.164 e. The first-order chi connectivity index (χ1) is 26.8. The van der Waals surface area contributed by atoms with Gasteiger partial charge >= 0.3 is 0 Å². The maximum atomic E-state index is 5.12. The van der Waals surface area contributed by atoms with E-state index in [1.807, 2.05) is 36.4 Å². The normalized spacial score (nSPS) is 12.4. The van der Waals surface area contributed by atoms with Gasteiger partial charge in [0.05, 0.1) is 33.8 Å². The minimum Gasteiger partial charge on any atom is -0.306 e. The summed E-state index contributed by atoms with van der Waals surface area (Å²) in [7, 11) is 0. The molecule has 2 aromatic heterocycles. The lowest BCUT2D eigenvalue weighted by Crippen LogP contribution is -2.19. The first-order valence-corrected chi connectivity index (χ1v) is 18.3. The van der Waals surface area contributed by atoms with Crippen molar-refractivity contribution in [2.24, 2.45) is 0 Å². The number of anilines is 3. The third kappa shape index (κ3) is 4.01. The van der Waals surface area contributed by atoms with Crippen LogP contribution in [0.3, 0.4) is 0 Å². The van der Waals surface area contributed by atoms with E-state index < -0.39 is 0 Å². The summed E-state index contributed by atoms with van der Waals surface area (Å²) in [6, 6.07) is 62.5. The molecule has 250 valence electrons. The highest BCUT2D eigenvalue weighted by atomic mass is 15.2. The maximum Gasteiger partial charge on any atom is 0.164 e. The molecule has 0 fully saturated rings. The van der Waals surface area contributed by atoms with E-state index in [-0.39, 0.29) is 0 Å². The van der Waals surface area contributed by atoms with Crippen molar-refractivity contribution in [1.29, 1.82) is 0 Å². The van der Waals surface area contributed by atoms with Crippen LogP contribution in [0.5, 0.6) is 0 Å². The van der Waals surface area contributed by atoms with Gasteiger partial charge in [0.2, 0.25) is 0 Å². The van der Waals surface area contributed by atoms with E-state index in [1.54, 1.807) is 0 Å². The fraction of sp³-hybridized carbons (Fsp3) is 0. The first kappa shape index (κ1) is 29.2. The minimum absolute atomic E-state index is 0.643. The second-order valence-corrected chi connectivity index (χ2v) is 14.0. The number of para-hydroxylation sites is 3. The number of rotatable bonds is 4. The fourth-order valence-corrected chi connectivity index (χ4v) is 8.83. The Morgan fingerprint density at radius 2 is 0.815 bits per heavy atom. The summed E-state index contributed by atoms with van der Waals surface area (Å²) in [4.78, 5) is 17.7. The summed E-state index contributed by atoms with van der Waals surface area (Å²) in [5, 5.41) is 4.71. The van der Waals surface area contributed by atoms with Gasteiger partial charge in [-0.1, -0.05) is 152 Å². The standard InChI is InChI=1S/C49H29N5/c1-3-14-30(15-4-1)47-50-48(31-16-5-2-6-17-31)52-49(51-47)40-28-29-41(35-21-10-9-20-34(35)40)53-42-26-12-24-37-33-19-8-7-18-32(33)36-22-11-23-38-39-25-13-27-43(53)46(39)54(44(36)38)45(37)42/h1-29H. The van der Waals surface area contributed by atoms with Crippen LogP contribution in [0.1, 0.15) is 0 Å². The zero-order valence-electron chi connectivity index (χ0n) is 29.0. The summed E-state index contributed by atoms with van der Waals surface area (Å²) in [5.41, 5.74) is 14.9. The lowest BCUT2D eigenvalue weighted by Gasteiger charge is -2.35. The molecule has 5 nitrogen and oxygen atoms in total. The van der Waals surface area contributed by atoms with Crippen LogP contribution in [-0.4, -0.2) is 19.5 Å². The molecule has 5 heteroatoms. The summed E-state index contributed by atoms with van der Waals surface area (Å²) in [5.74, 6) is 1.94. The molecule has 0 radical (unpaired) electrons. The van der Waals surface area contributed by atoms with Crippen LogP contribution in [0.4, 0.5) is 17.1 Å². The molecule has 2 aliphatic heterocycles. The molecule has 4 heterocycles. The lowest BCUT2D eigenvalue weighted by molar-refractivity contribution is 1.08. The van der Waals surface area contributed by atoms with Crippen molar-refractivity contribution in [3.8, 4) is 62.1 Å². The van der Waals surface area contributed by atoms with E-state index in [2.05, 4.69) is 149 Å². The molecule has 0 unspecified atom stereocenters. The molecule has 0 saturated carbocycles. The van der Waals surface area contributed by atoms with Crippen molar-refractivity contribution < 1.29 is 0 Å². The van der Waals surface area contributed by atoms with Gasteiger partial charge < -0.3 is 9.47 Å². The molecule has 0 N–H and O–H groups in total.